The minimum atomic E-state index is -0.688. The summed E-state index contributed by atoms with van der Waals surface area (Å²) in [6.45, 7) is 10.2. The zero-order chi connectivity index (χ0) is 31.7. The first-order valence-corrected chi connectivity index (χ1v) is 15.8. The fourth-order valence-electron chi connectivity index (χ4n) is 5.12. The zero-order valence-electron chi connectivity index (χ0n) is 24.9. The Morgan fingerprint density at radius 2 is 1.75 bits per heavy atom. The Bertz CT molecular complexity index is 1950. The zero-order valence-corrected chi connectivity index (χ0v) is 27.2. The van der Waals surface area contributed by atoms with Gasteiger partial charge in [-0.15, -0.1) is 0 Å². The molecule has 228 valence electrons. The third-order valence-corrected chi connectivity index (χ3v) is 8.67. The number of amides is 1. The summed E-state index contributed by atoms with van der Waals surface area (Å²) in [5.74, 6) is 0.121. The molecule has 44 heavy (non-hydrogen) atoms. The number of allylic oxidation sites excluding steroid dienone is 1. The van der Waals surface area contributed by atoms with Gasteiger partial charge in [0.15, 0.2) is 4.80 Å². The molecule has 0 radical (unpaired) electrons. The number of hydrogen-bond acceptors (Lipinski definition) is 7. The van der Waals surface area contributed by atoms with Gasteiger partial charge < -0.3 is 14.1 Å². The second kappa shape index (κ2) is 13.0. The van der Waals surface area contributed by atoms with Crippen LogP contribution in [0.5, 0.6) is 0 Å². The van der Waals surface area contributed by atoms with E-state index in [0.717, 1.165) is 5.56 Å². The molecule has 8 nitrogen and oxygen atoms in total. The highest BCUT2D eigenvalue weighted by atomic mass is 35.5. The summed E-state index contributed by atoms with van der Waals surface area (Å²) in [7, 11) is 0. The van der Waals surface area contributed by atoms with Gasteiger partial charge in [0, 0.05) is 34.8 Å². The first-order chi connectivity index (χ1) is 21.0. The number of rotatable bonds is 8. The maximum Gasteiger partial charge on any atom is 0.339 e. The molecule has 5 rings (SSSR count). The molecular weight excluding hydrogens is 621 g/mol. The summed E-state index contributed by atoms with van der Waals surface area (Å²) >= 11 is 13.6. The molecule has 1 amide bonds. The van der Waals surface area contributed by atoms with Crippen LogP contribution in [0, 0.1) is 0 Å². The van der Waals surface area contributed by atoms with E-state index in [1.54, 1.807) is 78.8 Å². The van der Waals surface area contributed by atoms with E-state index in [1.165, 1.54) is 11.3 Å². The van der Waals surface area contributed by atoms with Crippen molar-refractivity contribution >= 4 is 52.5 Å². The van der Waals surface area contributed by atoms with Gasteiger partial charge in [-0.25, -0.2) is 9.79 Å². The van der Waals surface area contributed by atoms with Crippen molar-refractivity contribution in [3.8, 4) is 11.3 Å². The molecular formula is C33H31Cl2N3O5S. The lowest BCUT2D eigenvalue weighted by Crippen LogP contribution is -2.43. The molecule has 0 fully saturated rings. The summed E-state index contributed by atoms with van der Waals surface area (Å²) in [6.07, 6.45) is 1.33. The molecule has 4 aromatic rings. The number of thiazole rings is 1. The van der Waals surface area contributed by atoms with Gasteiger partial charge in [0.25, 0.3) is 11.5 Å². The van der Waals surface area contributed by atoms with Crippen molar-refractivity contribution in [3.05, 3.63) is 112 Å². The maximum atomic E-state index is 14.0. The lowest BCUT2D eigenvalue weighted by atomic mass is 9.94. The molecule has 0 N–H and O–H groups in total. The largest absolute Gasteiger partial charge is 0.459 e. The molecule has 0 saturated heterocycles. The third kappa shape index (κ3) is 6.18. The smallest absolute Gasteiger partial charge is 0.339 e. The van der Waals surface area contributed by atoms with Crippen molar-refractivity contribution in [2.45, 2.75) is 46.8 Å². The summed E-state index contributed by atoms with van der Waals surface area (Å²) in [5, 5.41) is 0.979. The lowest BCUT2D eigenvalue weighted by Gasteiger charge is -2.29. The van der Waals surface area contributed by atoms with Gasteiger partial charge in [0.1, 0.15) is 11.5 Å². The highest BCUT2D eigenvalue weighted by molar-refractivity contribution is 7.07. The summed E-state index contributed by atoms with van der Waals surface area (Å²) < 4.78 is 13.4. The van der Waals surface area contributed by atoms with Crippen molar-refractivity contribution in [2.24, 2.45) is 4.99 Å². The Morgan fingerprint density at radius 1 is 1.07 bits per heavy atom. The fourth-order valence-corrected chi connectivity index (χ4v) is 6.44. The molecule has 0 spiro atoms. The van der Waals surface area contributed by atoms with Gasteiger partial charge in [0.05, 0.1) is 33.5 Å². The van der Waals surface area contributed by atoms with Gasteiger partial charge in [-0.05, 0) is 82.6 Å². The monoisotopic (exact) mass is 651 g/mol. The van der Waals surface area contributed by atoms with Crippen LogP contribution < -0.4 is 14.9 Å². The molecule has 1 aliphatic heterocycles. The molecule has 2 aromatic heterocycles. The van der Waals surface area contributed by atoms with Crippen LogP contribution in [0.2, 0.25) is 10.0 Å². The molecule has 0 bridgehead atoms. The number of carbonyl (C=O) groups excluding carboxylic acids is 2. The van der Waals surface area contributed by atoms with Crippen molar-refractivity contribution in [1.82, 2.24) is 9.47 Å². The molecule has 3 heterocycles. The van der Waals surface area contributed by atoms with Crippen LogP contribution in [0.1, 0.15) is 62.3 Å². The van der Waals surface area contributed by atoms with E-state index in [1.807, 2.05) is 26.0 Å². The molecule has 1 atom stereocenters. The Balaban J connectivity index is 1.61. The van der Waals surface area contributed by atoms with Crippen LogP contribution in [0.25, 0.3) is 17.4 Å². The fraction of sp³-hybridized carbons (Fsp3) is 0.273. The molecule has 0 saturated carbocycles. The van der Waals surface area contributed by atoms with E-state index in [4.69, 9.17) is 37.3 Å². The van der Waals surface area contributed by atoms with Crippen LogP contribution in [-0.4, -0.2) is 40.5 Å². The molecule has 2 aromatic carbocycles. The number of halogens is 2. The van der Waals surface area contributed by atoms with Gasteiger partial charge in [-0.2, -0.15) is 0 Å². The van der Waals surface area contributed by atoms with Crippen molar-refractivity contribution in [2.75, 3.05) is 13.1 Å². The highest BCUT2D eigenvalue weighted by Gasteiger charge is 2.34. The predicted molar refractivity (Wildman–Crippen MR) is 173 cm³/mol. The third-order valence-electron chi connectivity index (χ3n) is 7.20. The Labute approximate surface area is 268 Å². The average Bonchev–Trinajstić information content (AvgIpc) is 3.57. The second-order valence-corrected chi connectivity index (χ2v) is 12.3. The van der Waals surface area contributed by atoms with Gasteiger partial charge in [0.2, 0.25) is 0 Å². The van der Waals surface area contributed by atoms with Crippen LogP contribution >= 0.6 is 34.5 Å². The van der Waals surface area contributed by atoms with Crippen molar-refractivity contribution < 1.29 is 18.7 Å². The molecule has 0 aliphatic carbocycles. The van der Waals surface area contributed by atoms with E-state index < -0.39 is 12.0 Å². The van der Waals surface area contributed by atoms with E-state index in [-0.39, 0.29) is 17.6 Å². The van der Waals surface area contributed by atoms with Crippen LogP contribution in [0.4, 0.5) is 0 Å². The van der Waals surface area contributed by atoms with Crippen LogP contribution in [-0.2, 0) is 9.53 Å². The average molecular weight is 653 g/mol. The van der Waals surface area contributed by atoms with E-state index in [0.29, 0.717) is 66.4 Å². The van der Waals surface area contributed by atoms with Gasteiger partial charge in [-0.1, -0.05) is 46.7 Å². The van der Waals surface area contributed by atoms with Crippen molar-refractivity contribution in [1.29, 1.82) is 0 Å². The van der Waals surface area contributed by atoms with E-state index in [2.05, 4.69) is 0 Å². The van der Waals surface area contributed by atoms with Crippen LogP contribution in [0.3, 0.4) is 0 Å². The number of hydrogen-bond donors (Lipinski definition) is 0. The summed E-state index contributed by atoms with van der Waals surface area (Å²) in [6, 6.07) is 14.7. The number of benzene rings is 2. The van der Waals surface area contributed by atoms with E-state index >= 15 is 0 Å². The number of carbonyl (C=O) groups is 2. The summed E-state index contributed by atoms with van der Waals surface area (Å²) in [5.41, 5.74) is 2.21. The molecule has 11 heteroatoms. The quantitative estimate of drug-likeness (QED) is 0.210. The van der Waals surface area contributed by atoms with Crippen molar-refractivity contribution in [3.63, 3.8) is 0 Å². The van der Waals surface area contributed by atoms with Gasteiger partial charge >= 0.3 is 5.97 Å². The number of likely N-dealkylation sites (N-methyl/N-ethyl adjacent to an activating group) is 1. The normalized spacial score (nSPS) is 14.9. The first-order valence-electron chi connectivity index (χ1n) is 14.2. The topological polar surface area (TPSA) is 94.1 Å². The Hall–Kier alpha value is -3.92. The number of nitrogens with zero attached hydrogens (tertiary/aromatic N) is 3. The number of furan rings is 1. The number of aromatic nitrogens is 1. The Kier molecular flexibility index (Phi) is 9.29. The lowest BCUT2D eigenvalue weighted by molar-refractivity contribution is -0.127. The number of esters is 1. The standard InChI is InChI=1S/C33H31Cl2N3O5S/c1-6-37(7-2)31(40)28-19(5)36-33-38(29(28)20-8-10-21(34)11-9-20)30(39)27(44-33)17-23-13-15-26(43-23)25-16-22(35)12-14-24(25)32(41)42-18(3)4/h8-18,29H,6-7H2,1-5H3/b27-17-/t29-/m0/s1. The minimum absolute atomic E-state index is 0.172. The highest BCUT2D eigenvalue weighted by Crippen LogP contribution is 2.32. The summed E-state index contributed by atoms with van der Waals surface area (Å²) in [4.78, 5) is 47.4. The molecule has 0 unspecified atom stereocenters. The number of ether oxygens (including phenoxy) is 1. The second-order valence-electron chi connectivity index (χ2n) is 10.5. The van der Waals surface area contributed by atoms with E-state index in [9.17, 15) is 14.4 Å². The van der Waals surface area contributed by atoms with Gasteiger partial charge in [-0.3, -0.25) is 14.2 Å². The predicted octanol–water partition coefficient (Wildman–Crippen LogP) is 6.24. The first kappa shape index (κ1) is 31.5. The number of fused-ring (bicyclic) bond motifs is 1. The van der Waals surface area contributed by atoms with Crippen LogP contribution in [0.15, 0.2) is 80.1 Å². The molecule has 1 aliphatic rings. The SMILES string of the molecule is CCN(CC)C(=O)C1=C(C)N=c2s/c(=C\c3ccc(-c4cc(Cl)ccc4C(=O)OC(C)C)o3)c(=O)n2[C@H]1c1ccc(Cl)cc1. The minimum Gasteiger partial charge on any atom is -0.459 e. The Morgan fingerprint density at radius 3 is 2.41 bits per heavy atom. The maximum absolute atomic E-state index is 14.0.